The van der Waals surface area contributed by atoms with E-state index in [4.69, 9.17) is 0 Å². The summed E-state index contributed by atoms with van der Waals surface area (Å²) >= 11 is 0. The zero-order valence-corrected chi connectivity index (χ0v) is 37.6. The molecule has 3 nitrogen and oxygen atoms in total. The predicted molar refractivity (Wildman–Crippen MR) is 279 cm³/mol. The highest BCUT2D eigenvalue weighted by Gasteiger charge is 2.36. The third-order valence-corrected chi connectivity index (χ3v) is 13.8. The van der Waals surface area contributed by atoms with Gasteiger partial charge in [-0.1, -0.05) is 135 Å². The van der Waals surface area contributed by atoms with Crippen molar-refractivity contribution in [2.75, 3.05) is 9.80 Å². The highest BCUT2D eigenvalue weighted by atomic mass is 19.1. The van der Waals surface area contributed by atoms with E-state index < -0.39 is 0 Å². The van der Waals surface area contributed by atoms with Gasteiger partial charge in [-0.2, -0.15) is 0 Å². The number of halogens is 1. The van der Waals surface area contributed by atoms with Gasteiger partial charge in [0.15, 0.2) is 0 Å². The zero-order valence-electron chi connectivity index (χ0n) is 37.6. The molecule has 322 valence electrons. The van der Waals surface area contributed by atoms with Crippen LogP contribution in [0.5, 0.6) is 0 Å². The van der Waals surface area contributed by atoms with Gasteiger partial charge in [0.25, 0.3) is 0 Å². The predicted octanol–water partition coefficient (Wildman–Crippen LogP) is 17.6. The molecule has 2 aliphatic carbocycles. The van der Waals surface area contributed by atoms with Crippen molar-refractivity contribution >= 4 is 61.5 Å². The van der Waals surface area contributed by atoms with Gasteiger partial charge in [0.05, 0.1) is 11.0 Å². The quantitative estimate of drug-likeness (QED) is 0.143. The Morgan fingerprint density at radius 3 is 1.75 bits per heavy atom. The summed E-state index contributed by atoms with van der Waals surface area (Å²) in [5, 5.41) is 2.38. The van der Waals surface area contributed by atoms with Gasteiger partial charge in [-0.25, -0.2) is 4.39 Å². The molecule has 0 radical (unpaired) electrons. The van der Waals surface area contributed by atoms with Crippen LogP contribution < -0.4 is 9.80 Å². The molecule has 0 spiro atoms. The van der Waals surface area contributed by atoms with Crippen molar-refractivity contribution in [3.8, 4) is 27.9 Å². The first-order valence-electron chi connectivity index (χ1n) is 23.3. The van der Waals surface area contributed by atoms with Crippen LogP contribution in [0.15, 0.2) is 231 Å². The molecule has 0 saturated carbocycles. The number of fused-ring (bicyclic) bond motifs is 6. The fraction of sp³-hybridized carbons (Fsp3) is 0.0794. The summed E-state index contributed by atoms with van der Waals surface area (Å²) < 4.78 is 17.0. The number of hydrogen-bond acceptors (Lipinski definition) is 2. The number of rotatable bonds is 9. The van der Waals surface area contributed by atoms with Gasteiger partial charge < -0.3 is 14.4 Å². The van der Waals surface area contributed by atoms with E-state index in [-0.39, 0.29) is 11.2 Å². The van der Waals surface area contributed by atoms with Crippen LogP contribution in [0.2, 0.25) is 0 Å². The van der Waals surface area contributed by atoms with Crippen molar-refractivity contribution in [2.24, 2.45) is 0 Å². The first-order chi connectivity index (χ1) is 32.9. The molecule has 9 aromatic carbocycles. The molecule has 0 atom stereocenters. The number of benzene rings is 9. The fourth-order valence-electron chi connectivity index (χ4n) is 10.6. The summed E-state index contributed by atoms with van der Waals surface area (Å²) in [5.41, 5.74) is 19.1. The van der Waals surface area contributed by atoms with Crippen LogP contribution in [0.1, 0.15) is 43.4 Å². The molecule has 10 aromatic rings. The topological polar surface area (TPSA) is 11.4 Å². The van der Waals surface area contributed by atoms with Crippen molar-refractivity contribution in [1.29, 1.82) is 0 Å². The van der Waals surface area contributed by atoms with E-state index in [0.29, 0.717) is 0 Å². The Kier molecular flexibility index (Phi) is 9.83. The Labute approximate surface area is 391 Å². The van der Waals surface area contributed by atoms with E-state index in [1.807, 2.05) is 18.2 Å². The number of aromatic nitrogens is 1. The molecule has 0 fully saturated rings. The molecule has 0 unspecified atom stereocenters. The second-order valence-corrected chi connectivity index (χ2v) is 18.2. The standard InChI is InChI=1S/C63H48FN3/c1-63(2)59-24-14-12-22-55(59)56-36-35-52(42-60(56)63)66(49-20-10-5-11-21-49)54-39-46(38-53(41-54)65(48-18-8-4-9-19-48)50-33-29-47(64)30-34-50)45-28-37-62-58(40-45)57-23-13-15-25-61(57)67(62)51-31-26-44(27-32-51)43-16-6-3-7-17-43/h4-6,8-42H,3,7H2,1-2H3. The third kappa shape index (κ3) is 7.04. The molecule has 0 N–H and O–H groups in total. The molecule has 0 bridgehead atoms. The zero-order chi connectivity index (χ0) is 45.1. The first-order valence-corrected chi connectivity index (χ1v) is 23.3. The Morgan fingerprint density at radius 1 is 0.433 bits per heavy atom. The second-order valence-electron chi connectivity index (χ2n) is 18.2. The Bertz CT molecular complexity index is 3540. The molecule has 0 saturated heterocycles. The van der Waals surface area contributed by atoms with Gasteiger partial charge >= 0.3 is 0 Å². The van der Waals surface area contributed by atoms with E-state index in [2.05, 4.69) is 228 Å². The fourth-order valence-corrected chi connectivity index (χ4v) is 10.6. The van der Waals surface area contributed by atoms with Crippen LogP contribution >= 0.6 is 0 Å². The lowest BCUT2D eigenvalue weighted by Gasteiger charge is -2.31. The van der Waals surface area contributed by atoms with E-state index >= 15 is 0 Å². The van der Waals surface area contributed by atoms with Crippen LogP contribution in [-0.4, -0.2) is 4.57 Å². The summed E-state index contributed by atoms with van der Waals surface area (Å²) in [4.78, 5) is 4.61. The minimum absolute atomic E-state index is 0.176. The van der Waals surface area contributed by atoms with Crippen molar-refractivity contribution in [1.82, 2.24) is 4.57 Å². The lowest BCUT2D eigenvalue weighted by atomic mass is 9.82. The van der Waals surface area contributed by atoms with E-state index in [1.54, 1.807) is 0 Å². The lowest BCUT2D eigenvalue weighted by Crippen LogP contribution is -2.17. The lowest BCUT2D eigenvalue weighted by molar-refractivity contribution is 0.628. The summed E-state index contributed by atoms with van der Waals surface area (Å²) in [6.07, 6.45) is 9.02. The molecular weight excluding hydrogens is 818 g/mol. The minimum atomic E-state index is -0.273. The summed E-state index contributed by atoms with van der Waals surface area (Å²) in [6, 6.07) is 75.1. The Morgan fingerprint density at radius 2 is 1.03 bits per heavy atom. The van der Waals surface area contributed by atoms with Gasteiger partial charge in [0, 0.05) is 56.0 Å². The summed E-state index contributed by atoms with van der Waals surface area (Å²) in [6.45, 7) is 4.67. The molecular formula is C63H48FN3. The van der Waals surface area contributed by atoms with Gasteiger partial charge in [-0.3, -0.25) is 0 Å². The Balaban J connectivity index is 1.07. The molecule has 2 aliphatic rings. The molecule has 4 heteroatoms. The highest BCUT2D eigenvalue weighted by molar-refractivity contribution is 6.10. The molecule has 0 amide bonds. The Hall–Kier alpha value is -8.21. The average molecular weight is 866 g/mol. The second kappa shape index (κ2) is 16.3. The highest BCUT2D eigenvalue weighted by Crippen LogP contribution is 2.51. The van der Waals surface area contributed by atoms with Crippen molar-refractivity contribution in [2.45, 2.75) is 32.1 Å². The van der Waals surface area contributed by atoms with Gasteiger partial charge in [0.1, 0.15) is 5.82 Å². The summed E-state index contributed by atoms with van der Waals surface area (Å²) in [5.74, 6) is -0.273. The number of allylic oxidation sites excluding steroid dienone is 4. The number of hydrogen-bond donors (Lipinski definition) is 0. The van der Waals surface area contributed by atoms with Crippen LogP contribution in [0.4, 0.5) is 38.5 Å². The maximum Gasteiger partial charge on any atom is 0.123 e. The maximum atomic E-state index is 14.6. The van der Waals surface area contributed by atoms with Crippen LogP contribution in [0.3, 0.4) is 0 Å². The van der Waals surface area contributed by atoms with Gasteiger partial charge in [-0.05, 0) is 167 Å². The van der Waals surface area contributed by atoms with Crippen molar-refractivity contribution in [3.63, 3.8) is 0 Å². The third-order valence-electron chi connectivity index (χ3n) is 13.8. The van der Waals surface area contributed by atoms with Crippen LogP contribution in [-0.2, 0) is 5.41 Å². The number of para-hydroxylation sites is 3. The molecule has 67 heavy (non-hydrogen) atoms. The summed E-state index contributed by atoms with van der Waals surface area (Å²) in [7, 11) is 0. The van der Waals surface area contributed by atoms with Gasteiger partial charge in [-0.15, -0.1) is 0 Å². The number of nitrogens with zero attached hydrogens (tertiary/aromatic N) is 3. The average Bonchev–Trinajstić information content (AvgIpc) is 3.83. The molecule has 0 aliphatic heterocycles. The normalized spacial score (nSPS) is 13.6. The van der Waals surface area contributed by atoms with Crippen LogP contribution in [0.25, 0.3) is 55.3 Å². The first kappa shape index (κ1) is 40.3. The van der Waals surface area contributed by atoms with Gasteiger partial charge in [0.2, 0.25) is 0 Å². The minimum Gasteiger partial charge on any atom is -0.310 e. The van der Waals surface area contributed by atoms with E-state index in [1.165, 1.54) is 56.3 Å². The van der Waals surface area contributed by atoms with E-state index in [9.17, 15) is 4.39 Å². The number of anilines is 6. The van der Waals surface area contributed by atoms with E-state index in [0.717, 1.165) is 74.8 Å². The van der Waals surface area contributed by atoms with Crippen LogP contribution in [0, 0.1) is 5.82 Å². The molecule has 1 aromatic heterocycles. The van der Waals surface area contributed by atoms with Crippen molar-refractivity contribution < 1.29 is 4.39 Å². The molecule has 12 rings (SSSR count). The van der Waals surface area contributed by atoms with Crippen molar-refractivity contribution in [3.05, 3.63) is 253 Å². The molecule has 1 heterocycles. The maximum absolute atomic E-state index is 14.6. The monoisotopic (exact) mass is 865 g/mol. The largest absolute Gasteiger partial charge is 0.310 e. The SMILES string of the molecule is CC1(C)c2ccccc2-c2ccc(N(c3ccccc3)c3cc(-c4ccc5c(c4)c4ccccc4n5-c4ccc(C5=CCCC=C5)cc4)cc(N(c4ccccc4)c4ccc(F)cc4)c3)cc21. The smallest absolute Gasteiger partial charge is 0.123 e.